The van der Waals surface area contributed by atoms with Crippen molar-refractivity contribution in [1.29, 1.82) is 0 Å². The molecule has 1 aliphatic rings. The molecular formula is C28H36N4O4. The van der Waals surface area contributed by atoms with Crippen LogP contribution in [0.15, 0.2) is 54.6 Å². The molecule has 8 heteroatoms. The van der Waals surface area contributed by atoms with Crippen LogP contribution in [0.25, 0.3) is 0 Å². The Kier molecular flexibility index (Phi) is 9.22. The largest absolute Gasteiger partial charge is 0.352 e. The van der Waals surface area contributed by atoms with E-state index < -0.39 is 29.9 Å². The van der Waals surface area contributed by atoms with Crippen LogP contribution in [0.5, 0.6) is 0 Å². The van der Waals surface area contributed by atoms with E-state index in [1.165, 1.54) is 0 Å². The molecule has 2 aromatic carbocycles. The van der Waals surface area contributed by atoms with Crippen molar-refractivity contribution in [2.24, 2.45) is 5.92 Å². The van der Waals surface area contributed by atoms with E-state index in [2.05, 4.69) is 21.3 Å². The predicted octanol–water partition coefficient (Wildman–Crippen LogP) is 1.66. The number of hydrogen-bond donors (Lipinski definition) is 4. The molecule has 0 aromatic heterocycles. The molecule has 5 atom stereocenters. The van der Waals surface area contributed by atoms with Gasteiger partial charge in [-0.2, -0.15) is 0 Å². The van der Waals surface area contributed by atoms with Crippen LogP contribution in [0.4, 0.5) is 0 Å². The Bertz CT molecular complexity index is 1090. The van der Waals surface area contributed by atoms with E-state index in [1.807, 2.05) is 68.4 Å². The summed E-state index contributed by atoms with van der Waals surface area (Å²) in [4.78, 5) is 51.5. The summed E-state index contributed by atoms with van der Waals surface area (Å²) in [6.45, 7) is 6.87. The lowest BCUT2D eigenvalue weighted by Crippen LogP contribution is -2.56. The summed E-state index contributed by atoms with van der Waals surface area (Å²) in [5.41, 5.74) is 2.95. The summed E-state index contributed by atoms with van der Waals surface area (Å²) in [5, 5.41) is 11.2. The maximum atomic E-state index is 13.2. The quantitative estimate of drug-likeness (QED) is 0.510. The van der Waals surface area contributed by atoms with Gasteiger partial charge in [-0.3, -0.25) is 19.2 Å². The Labute approximate surface area is 212 Å². The van der Waals surface area contributed by atoms with Gasteiger partial charge in [0.1, 0.15) is 18.1 Å². The second-order valence-corrected chi connectivity index (χ2v) is 9.75. The molecule has 1 aliphatic heterocycles. The third-order valence-corrected chi connectivity index (χ3v) is 6.33. The molecule has 0 saturated carbocycles. The zero-order chi connectivity index (χ0) is 26.2. The maximum Gasteiger partial charge on any atom is 0.243 e. The van der Waals surface area contributed by atoms with Gasteiger partial charge in [-0.15, -0.1) is 0 Å². The molecule has 4 amide bonds. The molecule has 0 unspecified atom stereocenters. The number of amides is 4. The Morgan fingerprint density at radius 2 is 1.22 bits per heavy atom. The summed E-state index contributed by atoms with van der Waals surface area (Å²) >= 11 is 0. The number of benzene rings is 2. The highest BCUT2D eigenvalue weighted by Gasteiger charge is 2.27. The fraction of sp³-hybridized carbons (Fsp3) is 0.429. The first-order chi connectivity index (χ1) is 17.1. The van der Waals surface area contributed by atoms with Gasteiger partial charge >= 0.3 is 0 Å². The van der Waals surface area contributed by atoms with Crippen LogP contribution >= 0.6 is 0 Å². The highest BCUT2D eigenvalue weighted by molar-refractivity contribution is 5.94. The van der Waals surface area contributed by atoms with Crippen molar-refractivity contribution in [2.75, 3.05) is 0 Å². The monoisotopic (exact) mass is 492 g/mol. The first-order valence-electron chi connectivity index (χ1n) is 12.5. The Hall–Kier alpha value is -3.68. The number of rotatable bonds is 2. The molecule has 36 heavy (non-hydrogen) atoms. The first-order valence-corrected chi connectivity index (χ1v) is 12.5. The third kappa shape index (κ3) is 7.66. The first kappa shape index (κ1) is 26.9. The molecule has 0 aliphatic carbocycles. The van der Waals surface area contributed by atoms with E-state index in [9.17, 15) is 19.2 Å². The fourth-order valence-corrected chi connectivity index (χ4v) is 4.26. The number of nitrogens with one attached hydrogen (secondary N) is 4. The van der Waals surface area contributed by atoms with Gasteiger partial charge < -0.3 is 21.3 Å². The van der Waals surface area contributed by atoms with Crippen LogP contribution in [0.2, 0.25) is 0 Å². The number of fused-ring (bicyclic) bond motifs is 2. The highest BCUT2D eigenvalue weighted by Crippen LogP contribution is 2.14. The highest BCUT2D eigenvalue weighted by atomic mass is 16.2. The minimum absolute atomic E-state index is 0.180. The van der Waals surface area contributed by atoms with Gasteiger partial charge in [0.15, 0.2) is 0 Å². The Morgan fingerprint density at radius 3 is 1.89 bits per heavy atom. The third-order valence-electron chi connectivity index (χ3n) is 6.33. The van der Waals surface area contributed by atoms with Gasteiger partial charge in [-0.05, 0) is 50.3 Å². The second-order valence-electron chi connectivity index (χ2n) is 9.75. The summed E-state index contributed by atoms with van der Waals surface area (Å²) < 4.78 is 0. The van der Waals surface area contributed by atoms with Crippen LogP contribution in [0, 0.1) is 5.92 Å². The van der Waals surface area contributed by atoms with Crippen LogP contribution in [0.3, 0.4) is 0 Å². The summed E-state index contributed by atoms with van der Waals surface area (Å²) in [5.74, 6) is -1.81. The van der Waals surface area contributed by atoms with E-state index in [0.29, 0.717) is 19.3 Å². The molecular weight excluding hydrogens is 456 g/mol. The lowest BCUT2D eigenvalue weighted by molar-refractivity contribution is -0.133. The van der Waals surface area contributed by atoms with Crippen LogP contribution < -0.4 is 21.3 Å². The second kappa shape index (κ2) is 12.3. The Morgan fingerprint density at radius 1 is 0.639 bits per heavy atom. The molecule has 3 rings (SSSR count). The molecule has 2 aromatic rings. The molecule has 0 fully saturated rings. The van der Waals surface area contributed by atoms with E-state index in [-0.39, 0.29) is 23.8 Å². The van der Waals surface area contributed by atoms with Gasteiger partial charge in [0.25, 0.3) is 0 Å². The molecule has 0 radical (unpaired) electrons. The van der Waals surface area contributed by atoms with Crippen molar-refractivity contribution < 1.29 is 19.2 Å². The van der Waals surface area contributed by atoms with Crippen LogP contribution in [0.1, 0.15) is 44.4 Å². The Balaban J connectivity index is 1.87. The van der Waals surface area contributed by atoms with Crippen molar-refractivity contribution in [2.45, 2.75) is 71.1 Å². The fourth-order valence-electron chi connectivity index (χ4n) is 4.26. The van der Waals surface area contributed by atoms with E-state index in [0.717, 1.165) is 16.7 Å². The number of hydrogen-bond acceptors (Lipinski definition) is 4. The van der Waals surface area contributed by atoms with Crippen molar-refractivity contribution >= 4 is 23.6 Å². The molecule has 192 valence electrons. The zero-order valence-electron chi connectivity index (χ0n) is 21.3. The van der Waals surface area contributed by atoms with Gasteiger partial charge in [-0.25, -0.2) is 0 Å². The number of carbonyl (C=O) groups is 4. The lowest BCUT2D eigenvalue weighted by Gasteiger charge is -2.25. The summed E-state index contributed by atoms with van der Waals surface area (Å²) in [6.07, 6.45) is 1.44. The minimum Gasteiger partial charge on any atom is -0.352 e. The van der Waals surface area contributed by atoms with Gasteiger partial charge in [-0.1, -0.05) is 61.5 Å². The molecule has 1 heterocycles. The van der Waals surface area contributed by atoms with E-state index in [4.69, 9.17) is 0 Å². The normalized spacial score (nSPS) is 26.5. The zero-order valence-corrected chi connectivity index (χ0v) is 21.3. The molecule has 2 bridgehead atoms. The van der Waals surface area contributed by atoms with E-state index >= 15 is 0 Å². The summed E-state index contributed by atoms with van der Waals surface area (Å²) in [6, 6.07) is 14.7. The minimum atomic E-state index is -0.892. The van der Waals surface area contributed by atoms with Crippen molar-refractivity contribution in [3.05, 3.63) is 71.3 Å². The van der Waals surface area contributed by atoms with Crippen molar-refractivity contribution in [1.82, 2.24) is 21.3 Å². The SMILES string of the molecule is C[C@@H]1NC(=O)[C@@H](C)Cc2cccc(c2)C[C@H](C)NC(=O)[C@H](Cc2ccccc2)NC(=O)[C@@H](C)NC1=O. The van der Waals surface area contributed by atoms with Gasteiger partial charge in [0.05, 0.1) is 0 Å². The van der Waals surface area contributed by atoms with Crippen molar-refractivity contribution in [3.8, 4) is 0 Å². The number of carbonyl (C=O) groups excluding carboxylic acids is 4. The maximum absolute atomic E-state index is 13.2. The van der Waals surface area contributed by atoms with Crippen LogP contribution in [-0.2, 0) is 38.4 Å². The standard InChI is InChI=1S/C28H36N4O4/c1-17-13-22-11-8-12-23(15-22)14-18(2)29-28(36)24(16-21-9-6-5-7-10-21)32-27(35)20(4)31-26(34)19(3)30-25(17)33/h5-12,15,17-20,24H,13-14,16H2,1-4H3,(H,29,36)(H,30,33)(H,31,34)(H,32,35)/t17-,18-,19-,20+,24-/m0/s1. The average molecular weight is 493 g/mol. The average Bonchev–Trinajstić information content (AvgIpc) is 2.83. The topological polar surface area (TPSA) is 116 Å². The van der Waals surface area contributed by atoms with Crippen molar-refractivity contribution in [3.63, 3.8) is 0 Å². The molecule has 0 spiro atoms. The predicted molar refractivity (Wildman–Crippen MR) is 138 cm³/mol. The summed E-state index contributed by atoms with van der Waals surface area (Å²) in [7, 11) is 0. The van der Waals surface area contributed by atoms with E-state index in [1.54, 1.807) is 13.8 Å². The van der Waals surface area contributed by atoms with Gasteiger partial charge in [0, 0.05) is 18.4 Å². The molecule has 4 N–H and O–H groups in total. The van der Waals surface area contributed by atoms with Crippen LogP contribution in [-0.4, -0.2) is 47.8 Å². The smallest absolute Gasteiger partial charge is 0.243 e. The lowest BCUT2D eigenvalue weighted by atomic mass is 9.96. The molecule has 0 saturated heterocycles. The molecule has 8 nitrogen and oxygen atoms in total. The van der Waals surface area contributed by atoms with Gasteiger partial charge in [0.2, 0.25) is 23.6 Å².